The molecule has 1 aromatic carbocycles. The van der Waals surface area contributed by atoms with Crippen LogP contribution in [-0.4, -0.2) is 41.0 Å². The van der Waals surface area contributed by atoms with Crippen molar-refractivity contribution in [3.63, 3.8) is 0 Å². The lowest BCUT2D eigenvalue weighted by Gasteiger charge is -2.22. The van der Waals surface area contributed by atoms with Crippen LogP contribution in [0.25, 0.3) is 5.69 Å². The number of hydrogen-bond acceptors (Lipinski definition) is 4. The molecule has 130 valence electrons. The van der Waals surface area contributed by atoms with Crippen molar-refractivity contribution in [3.8, 4) is 5.69 Å². The van der Waals surface area contributed by atoms with Crippen molar-refractivity contribution in [2.45, 2.75) is 6.04 Å². The molecule has 0 aliphatic heterocycles. The first-order valence-electron chi connectivity index (χ1n) is 7.92. The quantitative estimate of drug-likeness (QED) is 0.666. The Balaban J connectivity index is 1.80. The van der Waals surface area contributed by atoms with Gasteiger partial charge in [-0.25, -0.2) is 0 Å². The molecule has 0 fully saturated rings. The van der Waals surface area contributed by atoms with E-state index in [1.54, 1.807) is 17.0 Å². The first kappa shape index (κ1) is 17.2. The largest absolute Gasteiger partial charge is 0.468 e. The summed E-state index contributed by atoms with van der Waals surface area (Å²) in [4.78, 5) is 17.6. The number of para-hydroxylation sites is 1. The number of hydrogen-bond donors (Lipinski definition) is 2. The summed E-state index contributed by atoms with van der Waals surface area (Å²) < 4.78 is 7.67. The monoisotopic (exact) mass is 356 g/mol. The Morgan fingerprint density at radius 3 is 2.68 bits per heavy atom. The number of carbonyl (C=O) groups is 1. The molecule has 0 saturated heterocycles. The first-order chi connectivity index (χ1) is 12.1. The molecule has 2 N–H and O–H groups in total. The van der Waals surface area contributed by atoms with Crippen LogP contribution in [0.1, 0.15) is 22.3 Å². The minimum absolute atomic E-state index is 0.0500. The molecule has 1 unspecified atom stereocenters. The molecule has 2 heterocycles. The van der Waals surface area contributed by atoms with Crippen LogP contribution < -0.4 is 5.32 Å². The highest BCUT2D eigenvalue weighted by Gasteiger charge is 2.20. The number of likely N-dealkylation sites (N-methyl/N-ethyl adjacent to an activating group) is 1. The van der Waals surface area contributed by atoms with Crippen LogP contribution in [0.4, 0.5) is 0 Å². The highest BCUT2D eigenvalue weighted by Crippen LogP contribution is 2.18. The van der Waals surface area contributed by atoms with E-state index in [9.17, 15) is 4.79 Å². The third kappa shape index (κ3) is 3.72. The summed E-state index contributed by atoms with van der Waals surface area (Å²) >= 11 is 5.32. The fourth-order valence-corrected chi connectivity index (χ4v) is 2.93. The Kier molecular flexibility index (Phi) is 5.16. The van der Waals surface area contributed by atoms with Gasteiger partial charge in [0, 0.05) is 18.4 Å². The molecule has 6 nitrogen and oxygen atoms in total. The molecule has 1 atom stereocenters. The van der Waals surface area contributed by atoms with Crippen molar-refractivity contribution >= 4 is 18.1 Å². The van der Waals surface area contributed by atoms with Gasteiger partial charge in [-0.2, -0.15) is 0 Å². The van der Waals surface area contributed by atoms with Crippen LogP contribution in [0.15, 0.2) is 59.3 Å². The van der Waals surface area contributed by atoms with Gasteiger partial charge in [0.15, 0.2) is 4.77 Å². The molecule has 3 rings (SSSR count). The third-order valence-corrected chi connectivity index (χ3v) is 4.27. The topological polar surface area (TPSA) is 66.2 Å². The van der Waals surface area contributed by atoms with Gasteiger partial charge in [0.25, 0.3) is 5.91 Å². The van der Waals surface area contributed by atoms with E-state index in [2.05, 4.69) is 10.3 Å². The minimum Gasteiger partial charge on any atom is -0.468 e. The van der Waals surface area contributed by atoms with Gasteiger partial charge in [-0.05, 0) is 50.6 Å². The first-order valence-corrected chi connectivity index (χ1v) is 8.32. The SMILES string of the molecule is CN(C)C(CNC(=O)c1c[nH]c(=S)n1-c1ccccc1)c1ccco1. The number of benzene rings is 1. The minimum atomic E-state index is -0.199. The third-order valence-electron chi connectivity index (χ3n) is 3.97. The lowest BCUT2D eigenvalue weighted by Crippen LogP contribution is -2.35. The van der Waals surface area contributed by atoms with E-state index in [0.717, 1.165) is 11.4 Å². The van der Waals surface area contributed by atoms with Crippen molar-refractivity contribution in [3.05, 3.63) is 71.1 Å². The molecular formula is C18H20N4O2S. The molecule has 0 spiro atoms. The summed E-state index contributed by atoms with van der Waals surface area (Å²) in [6.07, 6.45) is 3.26. The highest BCUT2D eigenvalue weighted by molar-refractivity contribution is 7.71. The lowest BCUT2D eigenvalue weighted by molar-refractivity contribution is 0.0932. The number of H-pyrrole nitrogens is 1. The normalized spacial score (nSPS) is 12.3. The summed E-state index contributed by atoms with van der Waals surface area (Å²) in [5.74, 6) is 0.605. The molecule has 2 aromatic heterocycles. The maximum absolute atomic E-state index is 12.7. The predicted molar refractivity (Wildman–Crippen MR) is 98.4 cm³/mol. The van der Waals surface area contributed by atoms with E-state index in [4.69, 9.17) is 16.6 Å². The summed E-state index contributed by atoms with van der Waals surface area (Å²) in [7, 11) is 3.89. The number of rotatable bonds is 6. The van der Waals surface area contributed by atoms with Gasteiger partial charge in [0.05, 0.1) is 12.3 Å². The lowest BCUT2D eigenvalue weighted by atomic mass is 10.2. The Bertz CT molecular complexity index is 881. The number of aromatic nitrogens is 2. The van der Waals surface area contributed by atoms with Crippen molar-refractivity contribution < 1.29 is 9.21 Å². The maximum Gasteiger partial charge on any atom is 0.269 e. The van der Waals surface area contributed by atoms with Crippen molar-refractivity contribution in [2.75, 3.05) is 20.6 Å². The average molecular weight is 356 g/mol. The van der Waals surface area contributed by atoms with Gasteiger partial charge in [0.2, 0.25) is 0 Å². The number of aromatic amines is 1. The number of carbonyl (C=O) groups excluding carboxylic acids is 1. The summed E-state index contributed by atoms with van der Waals surface area (Å²) in [6.45, 7) is 0.423. The fourth-order valence-electron chi connectivity index (χ4n) is 2.67. The second kappa shape index (κ2) is 7.50. The zero-order valence-electron chi connectivity index (χ0n) is 14.1. The Morgan fingerprint density at radius 2 is 2.04 bits per heavy atom. The smallest absolute Gasteiger partial charge is 0.269 e. The molecule has 0 aliphatic carbocycles. The van der Waals surface area contributed by atoms with E-state index in [1.807, 2.05) is 61.5 Å². The predicted octanol–water partition coefficient (Wildman–Crippen LogP) is 3.16. The zero-order chi connectivity index (χ0) is 17.8. The molecular weight excluding hydrogens is 336 g/mol. The van der Waals surface area contributed by atoms with Gasteiger partial charge < -0.3 is 14.7 Å². The number of nitrogens with one attached hydrogen (secondary N) is 2. The van der Waals surface area contributed by atoms with Crippen LogP contribution >= 0.6 is 12.2 Å². The molecule has 0 bridgehead atoms. The van der Waals surface area contributed by atoms with Crippen molar-refractivity contribution in [1.29, 1.82) is 0 Å². The van der Waals surface area contributed by atoms with Crippen LogP contribution in [0.3, 0.4) is 0 Å². The van der Waals surface area contributed by atoms with Gasteiger partial charge in [0.1, 0.15) is 11.5 Å². The van der Waals surface area contributed by atoms with E-state index in [-0.39, 0.29) is 11.9 Å². The van der Waals surface area contributed by atoms with Crippen molar-refractivity contribution in [1.82, 2.24) is 19.8 Å². The molecule has 1 amide bonds. The zero-order valence-corrected chi connectivity index (χ0v) is 14.9. The summed E-state index contributed by atoms with van der Waals surface area (Å²) in [5.41, 5.74) is 1.31. The Labute approximate surface area is 151 Å². The molecule has 0 saturated carbocycles. The van der Waals surface area contributed by atoms with E-state index in [0.29, 0.717) is 17.0 Å². The van der Waals surface area contributed by atoms with E-state index >= 15 is 0 Å². The van der Waals surface area contributed by atoms with Gasteiger partial charge in [-0.15, -0.1) is 0 Å². The average Bonchev–Trinajstić information content (AvgIpc) is 3.25. The van der Waals surface area contributed by atoms with Gasteiger partial charge in [-0.3, -0.25) is 14.3 Å². The number of furan rings is 1. The van der Waals surface area contributed by atoms with E-state index in [1.165, 1.54) is 0 Å². The maximum atomic E-state index is 12.7. The molecule has 7 heteroatoms. The number of imidazole rings is 1. The van der Waals surface area contributed by atoms with Crippen LogP contribution in [0.5, 0.6) is 0 Å². The molecule has 3 aromatic rings. The summed E-state index contributed by atoms with van der Waals surface area (Å²) in [5, 5.41) is 2.96. The standard InChI is InChI=1S/C18H20N4O2S/c1-21(2)14(16-9-6-10-24-16)11-19-17(23)15-12-20-18(25)22(15)13-7-4-3-5-8-13/h3-10,12,14H,11H2,1-2H3,(H,19,23)(H,20,25). The second-order valence-corrected chi connectivity index (χ2v) is 6.24. The second-order valence-electron chi connectivity index (χ2n) is 5.85. The van der Waals surface area contributed by atoms with Crippen LogP contribution in [0, 0.1) is 4.77 Å². The van der Waals surface area contributed by atoms with Crippen molar-refractivity contribution in [2.24, 2.45) is 0 Å². The van der Waals surface area contributed by atoms with E-state index < -0.39 is 0 Å². The highest BCUT2D eigenvalue weighted by atomic mass is 32.1. The van der Waals surface area contributed by atoms with Crippen LogP contribution in [0.2, 0.25) is 0 Å². The van der Waals surface area contributed by atoms with Gasteiger partial charge >= 0.3 is 0 Å². The fraction of sp³-hybridized carbons (Fsp3) is 0.222. The Morgan fingerprint density at radius 1 is 1.28 bits per heavy atom. The number of amides is 1. The number of nitrogens with zero attached hydrogens (tertiary/aromatic N) is 2. The van der Waals surface area contributed by atoms with Crippen LogP contribution in [-0.2, 0) is 0 Å². The van der Waals surface area contributed by atoms with Gasteiger partial charge in [-0.1, -0.05) is 18.2 Å². The summed E-state index contributed by atoms with van der Waals surface area (Å²) in [6, 6.07) is 13.2. The molecule has 0 aliphatic rings. The molecule has 25 heavy (non-hydrogen) atoms. The molecule has 0 radical (unpaired) electrons. The Hall–Kier alpha value is -2.64.